The molecule has 1 aromatic rings. The van der Waals surface area contributed by atoms with Crippen molar-refractivity contribution < 1.29 is 10.2 Å². The first-order valence-corrected chi connectivity index (χ1v) is 6.28. The summed E-state index contributed by atoms with van der Waals surface area (Å²) in [7, 11) is 0. The van der Waals surface area contributed by atoms with E-state index in [1.807, 2.05) is 39.0 Å². The lowest BCUT2D eigenvalue weighted by atomic mass is 9.91. The van der Waals surface area contributed by atoms with Crippen molar-refractivity contribution in [2.45, 2.75) is 45.6 Å². The molecule has 1 aromatic carbocycles. The van der Waals surface area contributed by atoms with Crippen molar-refractivity contribution >= 4 is 5.57 Å². The van der Waals surface area contributed by atoms with Gasteiger partial charge in [-0.3, -0.25) is 0 Å². The highest BCUT2D eigenvalue weighted by Gasteiger charge is 2.20. The van der Waals surface area contributed by atoms with Crippen LogP contribution < -0.4 is 0 Å². The second-order valence-corrected chi connectivity index (χ2v) is 4.35. The second-order valence-electron chi connectivity index (χ2n) is 4.35. The van der Waals surface area contributed by atoms with Crippen LogP contribution in [0.2, 0.25) is 0 Å². The SMILES string of the molecule is CC/C(=C/C(O)(CC)CC)c1ccccc1O. The molecular weight excluding hydrogens is 212 g/mol. The van der Waals surface area contributed by atoms with Gasteiger partial charge in [-0.25, -0.2) is 0 Å². The molecule has 2 nitrogen and oxygen atoms in total. The van der Waals surface area contributed by atoms with Gasteiger partial charge in [0.05, 0.1) is 5.60 Å². The van der Waals surface area contributed by atoms with E-state index in [1.54, 1.807) is 12.1 Å². The van der Waals surface area contributed by atoms with Crippen LogP contribution in [0, 0.1) is 0 Å². The first-order valence-electron chi connectivity index (χ1n) is 6.28. The van der Waals surface area contributed by atoms with Crippen LogP contribution in [0.5, 0.6) is 5.75 Å². The number of phenols is 1. The van der Waals surface area contributed by atoms with E-state index in [0.717, 1.165) is 17.6 Å². The average Bonchev–Trinajstić information content (AvgIpc) is 2.37. The van der Waals surface area contributed by atoms with Gasteiger partial charge in [0.2, 0.25) is 0 Å². The van der Waals surface area contributed by atoms with E-state index < -0.39 is 5.60 Å². The normalized spacial score (nSPS) is 12.8. The number of para-hydroxylation sites is 1. The molecule has 0 atom stereocenters. The predicted octanol–water partition coefficient (Wildman–Crippen LogP) is 3.74. The first kappa shape index (κ1) is 13.8. The molecule has 0 heterocycles. The van der Waals surface area contributed by atoms with Crippen molar-refractivity contribution in [3.8, 4) is 5.75 Å². The number of aliphatic hydroxyl groups is 1. The number of hydrogen-bond donors (Lipinski definition) is 2. The van der Waals surface area contributed by atoms with Crippen LogP contribution in [-0.4, -0.2) is 15.8 Å². The number of benzene rings is 1. The highest BCUT2D eigenvalue weighted by molar-refractivity contribution is 5.70. The highest BCUT2D eigenvalue weighted by atomic mass is 16.3. The number of allylic oxidation sites excluding steroid dienone is 1. The van der Waals surface area contributed by atoms with Crippen molar-refractivity contribution in [3.63, 3.8) is 0 Å². The van der Waals surface area contributed by atoms with Crippen LogP contribution in [-0.2, 0) is 0 Å². The summed E-state index contributed by atoms with van der Waals surface area (Å²) in [5.41, 5.74) is 1.04. The average molecular weight is 234 g/mol. The number of rotatable bonds is 5. The molecule has 0 saturated carbocycles. The molecule has 0 unspecified atom stereocenters. The molecule has 1 rings (SSSR count). The summed E-state index contributed by atoms with van der Waals surface area (Å²) >= 11 is 0. The Labute approximate surface area is 104 Å². The number of aromatic hydroxyl groups is 1. The smallest absolute Gasteiger partial charge is 0.123 e. The molecule has 0 amide bonds. The molecule has 0 aliphatic rings. The zero-order valence-electron chi connectivity index (χ0n) is 10.9. The molecule has 0 aliphatic heterocycles. The fourth-order valence-corrected chi connectivity index (χ4v) is 1.89. The van der Waals surface area contributed by atoms with Crippen LogP contribution in [0.3, 0.4) is 0 Å². The molecule has 0 fully saturated rings. The summed E-state index contributed by atoms with van der Waals surface area (Å²) < 4.78 is 0. The summed E-state index contributed by atoms with van der Waals surface area (Å²) in [6.07, 6.45) is 4.04. The largest absolute Gasteiger partial charge is 0.507 e. The van der Waals surface area contributed by atoms with Crippen LogP contribution in [0.25, 0.3) is 5.57 Å². The lowest BCUT2D eigenvalue weighted by molar-refractivity contribution is 0.0831. The van der Waals surface area contributed by atoms with Crippen LogP contribution >= 0.6 is 0 Å². The third kappa shape index (κ3) is 3.34. The van der Waals surface area contributed by atoms with Crippen LogP contribution in [0.4, 0.5) is 0 Å². The molecular formula is C15H22O2. The minimum absolute atomic E-state index is 0.273. The molecule has 0 aliphatic carbocycles. The quantitative estimate of drug-likeness (QED) is 0.814. The lowest BCUT2D eigenvalue weighted by Gasteiger charge is -2.23. The van der Waals surface area contributed by atoms with E-state index in [1.165, 1.54) is 0 Å². The Morgan fingerprint density at radius 2 is 1.76 bits per heavy atom. The third-order valence-corrected chi connectivity index (χ3v) is 3.30. The Kier molecular flexibility index (Phi) is 4.76. The molecule has 2 heteroatoms. The van der Waals surface area contributed by atoms with E-state index >= 15 is 0 Å². The van der Waals surface area contributed by atoms with Crippen molar-refractivity contribution in [2.75, 3.05) is 0 Å². The standard InChI is InChI=1S/C15H22O2/c1-4-12(11-15(17,5-2)6-3)13-9-7-8-10-14(13)16/h7-11,16-17H,4-6H2,1-3H3/b12-11-. The van der Waals surface area contributed by atoms with E-state index in [4.69, 9.17) is 0 Å². The second kappa shape index (κ2) is 5.87. The van der Waals surface area contributed by atoms with Gasteiger partial charge in [-0.05, 0) is 37.0 Å². The van der Waals surface area contributed by atoms with Gasteiger partial charge in [-0.15, -0.1) is 0 Å². The molecule has 0 aromatic heterocycles. The molecule has 94 valence electrons. The van der Waals surface area contributed by atoms with E-state index in [2.05, 4.69) is 0 Å². The Balaban J connectivity index is 3.16. The predicted molar refractivity (Wildman–Crippen MR) is 71.9 cm³/mol. The Bertz CT molecular complexity index is 390. The number of hydrogen-bond acceptors (Lipinski definition) is 2. The van der Waals surface area contributed by atoms with Gasteiger partial charge in [-0.1, -0.05) is 39.0 Å². The van der Waals surface area contributed by atoms with Gasteiger partial charge in [0.15, 0.2) is 0 Å². The maximum atomic E-state index is 10.3. The minimum atomic E-state index is -0.770. The van der Waals surface area contributed by atoms with Gasteiger partial charge in [-0.2, -0.15) is 0 Å². The van der Waals surface area contributed by atoms with Crippen molar-refractivity contribution in [1.82, 2.24) is 0 Å². The molecule has 0 bridgehead atoms. The molecule has 0 radical (unpaired) electrons. The highest BCUT2D eigenvalue weighted by Crippen LogP contribution is 2.30. The summed E-state index contributed by atoms with van der Waals surface area (Å²) in [4.78, 5) is 0. The fraction of sp³-hybridized carbons (Fsp3) is 0.467. The van der Waals surface area contributed by atoms with Crippen molar-refractivity contribution in [2.24, 2.45) is 0 Å². The zero-order chi connectivity index (χ0) is 12.9. The van der Waals surface area contributed by atoms with E-state index in [9.17, 15) is 10.2 Å². The fourth-order valence-electron chi connectivity index (χ4n) is 1.89. The summed E-state index contributed by atoms with van der Waals surface area (Å²) in [5.74, 6) is 0.273. The van der Waals surface area contributed by atoms with Crippen molar-refractivity contribution in [3.05, 3.63) is 35.9 Å². The maximum Gasteiger partial charge on any atom is 0.123 e. The molecule has 17 heavy (non-hydrogen) atoms. The van der Waals surface area contributed by atoms with Crippen LogP contribution in [0.15, 0.2) is 30.3 Å². The van der Waals surface area contributed by atoms with E-state index in [0.29, 0.717) is 12.8 Å². The van der Waals surface area contributed by atoms with Gasteiger partial charge in [0, 0.05) is 5.56 Å². The number of phenolic OH excluding ortho intramolecular Hbond substituents is 1. The Morgan fingerprint density at radius 3 is 2.24 bits per heavy atom. The van der Waals surface area contributed by atoms with E-state index in [-0.39, 0.29) is 5.75 Å². The van der Waals surface area contributed by atoms with Gasteiger partial charge >= 0.3 is 0 Å². The van der Waals surface area contributed by atoms with Gasteiger partial charge in [0.1, 0.15) is 5.75 Å². The van der Waals surface area contributed by atoms with Gasteiger partial charge < -0.3 is 10.2 Å². The molecule has 0 saturated heterocycles. The Morgan fingerprint density at radius 1 is 1.18 bits per heavy atom. The molecule has 2 N–H and O–H groups in total. The maximum absolute atomic E-state index is 10.3. The third-order valence-electron chi connectivity index (χ3n) is 3.30. The lowest BCUT2D eigenvalue weighted by Crippen LogP contribution is -2.23. The monoisotopic (exact) mass is 234 g/mol. The van der Waals surface area contributed by atoms with Crippen molar-refractivity contribution in [1.29, 1.82) is 0 Å². The topological polar surface area (TPSA) is 40.5 Å². The van der Waals surface area contributed by atoms with Gasteiger partial charge in [0.25, 0.3) is 0 Å². The first-order chi connectivity index (χ1) is 8.06. The zero-order valence-corrected chi connectivity index (χ0v) is 10.9. The Hall–Kier alpha value is -1.28. The van der Waals surface area contributed by atoms with Crippen LogP contribution in [0.1, 0.15) is 45.6 Å². The summed E-state index contributed by atoms with van der Waals surface area (Å²) in [5, 5.41) is 20.2. The summed E-state index contributed by atoms with van der Waals surface area (Å²) in [6, 6.07) is 7.26. The summed E-state index contributed by atoms with van der Waals surface area (Å²) in [6.45, 7) is 5.97. The molecule has 0 spiro atoms. The minimum Gasteiger partial charge on any atom is -0.507 e.